The van der Waals surface area contributed by atoms with E-state index in [0.29, 0.717) is 23.1 Å². The van der Waals surface area contributed by atoms with Gasteiger partial charge in [-0.05, 0) is 61.0 Å². The molecule has 180 valence electrons. The lowest BCUT2D eigenvalue weighted by molar-refractivity contribution is -0.142. The van der Waals surface area contributed by atoms with Crippen LogP contribution < -0.4 is 5.73 Å². The van der Waals surface area contributed by atoms with Gasteiger partial charge >= 0.3 is 5.97 Å². The van der Waals surface area contributed by atoms with Crippen LogP contribution in [0.4, 0.5) is 5.82 Å². The average Bonchev–Trinajstić information content (AvgIpc) is 3.04. The summed E-state index contributed by atoms with van der Waals surface area (Å²) in [7, 11) is 0. The van der Waals surface area contributed by atoms with E-state index < -0.39 is 5.97 Å². The summed E-state index contributed by atoms with van der Waals surface area (Å²) in [6.45, 7) is 10.4. The number of nitrogens with two attached hydrogens (primary N) is 1. The van der Waals surface area contributed by atoms with Crippen LogP contribution in [0.5, 0.6) is 0 Å². The first-order valence-electron chi connectivity index (χ1n) is 11.6. The predicted octanol–water partition coefficient (Wildman–Crippen LogP) is 6.11. The first-order valence-corrected chi connectivity index (χ1v) is 12.4. The largest absolute Gasteiger partial charge is 0.481 e. The van der Waals surface area contributed by atoms with Crippen LogP contribution >= 0.6 is 15.9 Å². The summed E-state index contributed by atoms with van der Waals surface area (Å²) in [5.74, 6) is -0.0809. The Bertz CT molecular complexity index is 945. The van der Waals surface area contributed by atoms with E-state index in [1.165, 1.54) is 0 Å². The molecule has 3 N–H and O–H groups in total. The monoisotopic (exact) mass is 517 g/mol. The number of aliphatic imine (C=N–C) groups is 2. The van der Waals surface area contributed by atoms with Crippen LogP contribution in [0.3, 0.4) is 0 Å². The summed E-state index contributed by atoms with van der Waals surface area (Å²) >= 11 is 3.54. The Balaban J connectivity index is 2.38. The van der Waals surface area contributed by atoms with Gasteiger partial charge in [-0.2, -0.15) is 5.10 Å². The van der Waals surface area contributed by atoms with E-state index in [4.69, 9.17) is 10.7 Å². The van der Waals surface area contributed by atoms with Gasteiger partial charge in [0.25, 0.3) is 0 Å². The quantitative estimate of drug-likeness (QED) is 0.288. The Morgan fingerprint density at radius 1 is 1.39 bits per heavy atom. The molecule has 1 aliphatic rings. The summed E-state index contributed by atoms with van der Waals surface area (Å²) in [5, 5.41) is 13.9. The number of hydrogen-bond donors (Lipinski definition) is 2. The Hall–Kier alpha value is -2.32. The highest BCUT2D eigenvalue weighted by atomic mass is 79.9. The molecule has 1 fully saturated rings. The zero-order valence-corrected chi connectivity index (χ0v) is 21.5. The molecule has 1 aliphatic carbocycles. The Kier molecular flexibility index (Phi) is 10.9. The lowest BCUT2D eigenvalue weighted by atomic mass is 9.93. The number of aliphatic carboxylic acids is 1. The van der Waals surface area contributed by atoms with Gasteiger partial charge in [-0.15, -0.1) is 0 Å². The summed E-state index contributed by atoms with van der Waals surface area (Å²) in [5.41, 5.74) is 8.77. The molecule has 1 aromatic rings. The lowest BCUT2D eigenvalue weighted by Gasteiger charge is -2.18. The van der Waals surface area contributed by atoms with Crippen molar-refractivity contribution in [3.63, 3.8) is 0 Å². The zero-order valence-electron chi connectivity index (χ0n) is 19.9. The number of hydrogen-bond acceptors (Lipinski definition) is 5. The average molecular weight is 519 g/mol. The Morgan fingerprint density at radius 3 is 2.70 bits per heavy atom. The van der Waals surface area contributed by atoms with Crippen molar-refractivity contribution in [2.45, 2.75) is 71.9 Å². The molecule has 0 aromatic carbocycles. The minimum absolute atomic E-state index is 0.0572. The number of carboxylic acids is 1. The molecule has 1 heterocycles. The standard InChI is InChI=1S/C25H36BrN5O2/c1-5-14-28-21(6-2)13-10-17(3)22-15-29-31(16-27)24(22)30-23(18(4)26)19-8-7-9-20(12-11-19)25(32)33/h5,10,13-15,17,19-20H,4,6-9,11-12,16,27H2,1-3H3,(H,32,33)/b13-10-,14-5-,28-21-,30-23+/t17?,19-,20-/m1/s1. The van der Waals surface area contributed by atoms with Crippen LogP contribution in [0.2, 0.25) is 0 Å². The second-order valence-corrected chi connectivity index (χ2v) is 9.31. The highest BCUT2D eigenvalue weighted by molar-refractivity contribution is 9.12. The number of aromatic nitrogens is 2. The molecule has 0 bridgehead atoms. The fourth-order valence-electron chi connectivity index (χ4n) is 4.06. The van der Waals surface area contributed by atoms with Crippen molar-refractivity contribution in [1.29, 1.82) is 0 Å². The van der Waals surface area contributed by atoms with Gasteiger partial charge in [0.15, 0.2) is 5.82 Å². The smallest absolute Gasteiger partial charge is 0.306 e. The number of halogens is 1. The van der Waals surface area contributed by atoms with Gasteiger partial charge in [0.1, 0.15) is 0 Å². The van der Waals surface area contributed by atoms with E-state index in [1.807, 2.05) is 25.3 Å². The maximum absolute atomic E-state index is 11.5. The second-order valence-electron chi connectivity index (χ2n) is 8.35. The molecule has 0 aliphatic heterocycles. The van der Waals surface area contributed by atoms with Crippen molar-refractivity contribution < 1.29 is 9.90 Å². The van der Waals surface area contributed by atoms with Gasteiger partial charge in [-0.3, -0.25) is 9.79 Å². The molecule has 0 spiro atoms. The fraction of sp³-hybridized carbons (Fsp3) is 0.520. The molecule has 1 aromatic heterocycles. The van der Waals surface area contributed by atoms with Gasteiger partial charge in [0.2, 0.25) is 0 Å². The van der Waals surface area contributed by atoms with Crippen molar-refractivity contribution in [1.82, 2.24) is 9.78 Å². The van der Waals surface area contributed by atoms with Crippen molar-refractivity contribution in [3.05, 3.63) is 47.2 Å². The number of allylic oxidation sites excluding steroid dienone is 4. The van der Waals surface area contributed by atoms with Crippen molar-refractivity contribution >= 4 is 39.1 Å². The van der Waals surface area contributed by atoms with Crippen LogP contribution in [0.15, 0.2) is 51.7 Å². The SMILES string of the molecule is C=C(Br)/C(=N\c1c(C(C)\C=C/C(CC)=N\C=C/C)cnn1CN)[C@@H]1CCC[C@@H](C(=O)O)CC1. The molecule has 1 saturated carbocycles. The van der Waals surface area contributed by atoms with Crippen LogP contribution in [0, 0.1) is 11.8 Å². The first kappa shape index (κ1) is 26.9. The zero-order chi connectivity index (χ0) is 24.4. The molecule has 7 nitrogen and oxygen atoms in total. The van der Waals surface area contributed by atoms with Crippen LogP contribution in [0.1, 0.15) is 70.8 Å². The van der Waals surface area contributed by atoms with E-state index in [9.17, 15) is 9.90 Å². The third-order valence-electron chi connectivity index (χ3n) is 6.04. The summed E-state index contributed by atoms with van der Waals surface area (Å²) < 4.78 is 2.41. The van der Waals surface area contributed by atoms with E-state index in [0.717, 1.165) is 42.7 Å². The summed E-state index contributed by atoms with van der Waals surface area (Å²) in [4.78, 5) is 20.9. The van der Waals surface area contributed by atoms with Crippen molar-refractivity contribution in [2.75, 3.05) is 0 Å². The third-order valence-corrected chi connectivity index (χ3v) is 6.45. The van der Waals surface area contributed by atoms with E-state index in [2.05, 4.69) is 52.5 Å². The maximum atomic E-state index is 11.5. The molecule has 0 saturated heterocycles. The molecule has 8 heteroatoms. The molecular formula is C25H36BrN5O2. The molecule has 2 rings (SSSR count). The Morgan fingerprint density at radius 2 is 2.09 bits per heavy atom. The fourth-order valence-corrected chi connectivity index (χ4v) is 4.47. The number of carbonyl (C=O) groups is 1. The minimum atomic E-state index is -0.708. The first-order chi connectivity index (χ1) is 15.8. The lowest BCUT2D eigenvalue weighted by Crippen LogP contribution is -2.16. The number of nitrogens with zero attached hydrogens (tertiary/aromatic N) is 4. The van der Waals surface area contributed by atoms with E-state index in [1.54, 1.807) is 10.9 Å². The van der Waals surface area contributed by atoms with Gasteiger partial charge < -0.3 is 10.8 Å². The van der Waals surface area contributed by atoms with Gasteiger partial charge in [0.05, 0.1) is 24.5 Å². The molecule has 0 radical (unpaired) electrons. The minimum Gasteiger partial charge on any atom is -0.481 e. The molecule has 33 heavy (non-hydrogen) atoms. The van der Waals surface area contributed by atoms with E-state index in [-0.39, 0.29) is 24.4 Å². The van der Waals surface area contributed by atoms with Crippen molar-refractivity contribution in [3.8, 4) is 0 Å². The molecule has 3 atom stereocenters. The van der Waals surface area contributed by atoms with E-state index >= 15 is 0 Å². The number of rotatable bonds is 10. The third kappa shape index (κ3) is 7.61. The van der Waals surface area contributed by atoms with Crippen LogP contribution in [-0.2, 0) is 11.5 Å². The van der Waals surface area contributed by atoms with Crippen LogP contribution in [-0.4, -0.2) is 32.3 Å². The predicted molar refractivity (Wildman–Crippen MR) is 139 cm³/mol. The highest BCUT2D eigenvalue weighted by Gasteiger charge is 2.27. The maximum Gasteiger partial charge on any atom is 0.306 e. The number of carboxylic acid groups (broad SMARTS) is 1. The van der Waals surface area contributed by atoms with Gasteiger partial charge in [0, 0.05) is 33.8 Å². The molecule has 1 unspecified atom stereocenters. The summed E-state index contributed by atoms with van der Waals surface area (Å²) in [6, 6.07) is 0. The van der Waals surface area contributed by atoms with Gasteiger partial charge in [-0.25, -0.2) is 9.67 Å². The molecule has 0 amide bonds. The second kappa shape index (κ2) is 13.4. The van der Waals surface area contributed by atoms with Crippen LogP contribution in [0.25, 0.3) is 0 Å². The van der Waals surface area contributed by atoms with Crippen molar-refractivity contribution in [2.24, 2.45) is 27.6 Å². The topological polar surface area (TPSA) is 106 Å². The summed E-state index contributed by atoms with van der Waals surface area (Å²) in [6.07, 6.45) is 14.4. The normalized spacial score (nSPS) is 21.5. The van der Waals surface area contributed by atoms with Gasteiger partial charge in [-0.1, -0.05) is 39.0 Å². The highest BCUT2D eigenvalue weighted by Crippen LogP contribution is 2.34. The molecular weight excluding hydrogens is 482 g/mol. The Labute approximate surface area is 205 Å².